The van der Waals surface area contributed by atoms with E-state index in [1.807, 2.05) is 0 Å². The zero-order chi connectivity index (χ0) is 20.8. The van der Waals surface area contributed by atoms with E-state index in [4.69, 9.17) is 4.43 Å². The molecule has 0 spiro atoms. The Labute approximate surface area is 165 Å². The van der Waals surface area contributed by atoms with Crippen LogP contribution in [0.5, 0.6) is 0 Å². The van der Waals surface area contributed by atoms with Gasteiger partial charge in [-0.15, -0.1) is 0 Å². The lowest BCUT2D eigenvalue weighted by Gasteiger charge is -2.69. The van der Waals surface area contributed by atoms with Gasteiger partial charge < -0.3 is 9.53 Å². The predicted octanol–water partition coefficient (Wildman–Crippen LogP) is 5.86. The van der Waals surface area contributed by atoms with E-state index in [0.29, 0.717) is 11.1 Å². The van der Waals surface area contributed by atoms with Crippen molar-refractivity contribution in [3.05, 3.63) is 11.6 Å². The molecule has 0 amide bonds. The molecule has 1 aliphatic rings. The third-order valence-electron chi connectivity index (χ3n) is 8.64. The molecule has 1 N–H and O–H groups in total. The van der Waals surface area contributed by atoms with Gasteiger partial charge in [-0.3, -0.25) is 0 Å². The molecule has 0 bridgehead atoms. The van der Waals surface area contributed by atoms with Crippen LogP contribution in [0, 0.1) is 0 Å². The summed E-state index contributed by atoms with van der Waals surface area (Å²) in [7, 11) is -6.77. The summed E-state index contributed by atoms with van der Waals surface area (Å²) in [4.78, 5) is 11.6. The smallest absolute Gasteiger partial charge is 0.330 e. The van der Waals surface area contributed by atoms with Crippen molar-refractivity contribution in [3.63, 3.8) is 0 Å². The second kappa shape index (κ2) is 7.46. The molecule has 0 aromatic carbocycles. The maximum Gasteiger partial charge on any atom is 0.330 e. The zero-order valence-electron chi connectivity index (χ0n) is 19.0. The van der Waals surface area contributed by atoms with Gasteiger partial charge in [0.15, 0.2) is 7.83 Å². The number of hydrogen-bond donors (Lipinski definition) is 1. The van der Waals surface area contributed by atoms with Crippen LogP contribution < -0.4 is 0 Å². The Morgan fingerprint density at radius 2 is 1.58 bits per heavy atom. The first kappa shape index (κ1) is 24.1. The maximum atomic E-state index is 11.6. The lowest BCUT2D eigenvalue weighted by atomic mass is 10.2. The average Bonchev–Trinajstić information content (AvgIpc) is 2.49. The quantitative estimate of drug-likeness (QED) is 0.424. The first-order chi connectivity index (χ1) is 11.6. The van der Waals surface area contributed by atoms with Crippen LogP contribution >= 0.6 is 0 Å². The van der Waals surface area contributed by atoms with Crippen LogP contribution in [0.2, 0.25) is 51.4 Å². The molecule has 0 saturated carbocycles. The van der Waals surface area contributed by atoms with E-state index in [1.54, 1.807) is 6.92 Å². The van der Waals surface area contributed by atoms with Crippen molar-refractivity contribution in [3.8, 4) is 0 Å². The van der Waals surface area contributed by atoms with E-state index in [-0.39, 0.29) is 5.22 Å². The molecule has 1 saturated heterocycles. The minimum absolute atomic E-state index is 0.0360. The van der Waals surface area contributed by atoms with Crippen LogP contribution in [0.1, 0.15) is 47.0 Å². The van der Waals surface area contributed by atoms with Gasteiger partial charge in [0.1, 0.15) is 0 Å². The lowest BCUT2D eigenvalue weighted by molar-refractivity contribution is -0.132. The minimum atomic E-state index is -1.93. The average molecular weight is 431 g/mol. The molecule has 1 rings (SSSR count). The van der Waals surface area contributed by atoms with E-state index < -0.39 is 35.6 Å². The number of rotatable bonds is 6. The Morgan fingerprint density at radius 3 is 1.96 bits per heavy atom. The number of carboxylic acids is 1. The normalized spacial score (nSPS) is 34.3. The van der Waals surface area contributed by atoms with Crippen molar-refractivity contribution in [2.45, 2.75) is 104 Å². The van der Waals surface area contributed by atoms with E-state index in [2.05, 4.69) is 72.7 Å². The summed E-state index contributed by atoms with van der Waals surface area (Å²) in [6, 6.07) is 0. The van der Waals surface area contributed by atoms with Crippen LogP contribution in [-0.2, 0) is 9.22 Å². The fourth-order valence-electron chi connectivity index (χ4n) is 5.57. The van der Waals surface area contributed by atoms with Gasteiger partial charge in [-0.05, 0) is 38.9 Å². The molecule has 0 radical (unpaired) electrons. The Hall–Kier alpha value is 0.0375. The third-order valence-corrected chi connectivity index (χ3v) is 75.9. The first-order valence-electron chi connectivity index (χ1n) is 10.2. The van der Waals surface area contributed by atoms with Crippen molar-refractivity contribution < 1.29 is 14.3 Å². The molecular weight excluding hydrogens is 389 g/mol. The molecule has 1 heterocycles. The number of allylic oxidation sites excluding steroid dienone is 1. The molecule has 3 atom stereocenters. The van der Waals surface area contributed by atoms with Crippen LogP contribution in [0.25, 0.3) is 0 Å². The monoisotopic (exact) mass is 430 g/mol. The third kappa shape index (κ3) is 3.31. The van der Waals surface area contributed by atoms with Crippen LogP contribution in [0.15, 0.2) is 11.6 Å². The van der Waals surface area contributed by atoms with Gasteiger partial charge in [0.25, 0.3) is 0 Å². The fourth-order valence-corrected chi connectivity index (χ4v) is 80.2. The molecule has 1 aliphatic heterocycles. The Morgan fingerprint density at radius 1 is 1.08 bits per heavy atom. The van der Waals surface area contributed by atoms with Gasteiger partial charge in [0.05, 0.1) is 14.7 Å². The first-order valence-corrected chi connectivity index (χ1v) is 24.7. The standard InChI is InChI=1S/C19H42O3Si4/c1-12-14-19(4)22-23(5,6)24(7,8)25(9,10)26(19,11)17(13-2)15-16(3)18(20)21/h15,17H,12-14H2,1-11H3,(H,20,21). The Kier molecular flexibility index (Phi) is 6.91. The molecule has 7 heteroatoms. The zero-order valence-corrected chi connectivity index (χ0v) is 23.0. The molecule has 26 heavy (non-hydrogen) atoms. The lowest BCUT2D eigenvalue weighted by Crippen LogP contribution is -2.92. The Balaban J connectivity index is 3.77. The highest BCUT2D eigenvalue weighted by Crippen LogP contribution is 2.55. The fraction of sp³-hybridized carbons (Fsp3) is 0.842. The van der Waals surface area contributed by atoms with Crippen molar-refractivity contribution in [2.24, 2.45) is 0 Å². The van der Waals surface area contributed by atoms with Gasteiger partial charge in [-0.2, -0.15) is 0 Å². The van der Waals surface area contributed by atoms with Crippen molar-refractivity contribution in [1.29, 1.82) is 0 Å². The molecular formula is C19H42O3Si4. The summed E-state index contributed by atoms with van der Waals surface area (Å²) in [5, 5.41) is 9.46. The topological polar surface area (TPSA) is 46.5 Å². The van der Waals surface area contributed by atoms with E-state index in [0.717, 1.165) is 19.3 Å². The maximum absolute atomic E-state index is 11.6. The van der Waals surface area contributed by atoms with Crippen molar-refractivity contribution in [2.75, 3.05) is 0 Å². The molecule has 0 aliphatic carbocycles. The molecule has 3 nitrogen and oxygen atoms in total. The summed E-state index contributed by atoms with van der Waals surface area (Å²) < 4.78 is 7.21. The van der Waals surface area contributed by atoms with Crippen LogP contribution in [0.3, 0.4) is 0 Å². The van der Waals surface area contributed by atoms with Crippen LogP contribution in [-0.4, -0.2) is 45.9 Å². The van der Waals surface area contributed by atoms with Gasteiger partial charge >= 0.3 is 5.97 Å². The predicted molar refractivity (Wildman–Crippen MR) is 124 cm³/mol. The number of carbonyl (C=O) groups is 1. The highest BCUT2D eigenvalue weighted by atomic mass is 29.8. The van der Waals surface area contributed by atoms with Gasteiger partial charge in [-0.1, -0.05) is 65.5 Å². The van der Waals surface area contributed by atoms with Crippen molar-refractivity contribution in [1.82, 2.24) is 0 Å². The highest BCUT2D eigenvalue weighted by Gasteiger charge is 2.73. The molecule has 152 valence electrons. The number of carboxylic acid groups (broad SMARTS) is 1. The minimum Gasteiger partial charge on any atom is -0.478 e. The number of aliphatic carboxylic acids is 1. The van der Waals surface area contributed by atoms with E-state index >= 15 is 0 Å². The molecule has 1 fully saturated rings. The number of hydrogen-bond acceptors (Lipinski definition) is 2. The summed E-state index contributed by atoms with van der Waals surface area (Å²) in [6.07, 6.45) is 5.39. The summed E-state index contributed by atoms with van der Waals surface area (Å²) in [5.74, 6) is -0.777. The van der Waals surface area contributed by atoms with Gasteiger partial charge in [0.2, 0.25) is 0 Å². The summed E-state index contributed by atoms with van der Waals surface area (Å²) in [5.41, 5.74) is 0.893. The molecule has 3 unspecified atom stereocenters. The van der Waals surface area contributed by atoms with E-state index in [1.165, 1.54) is 0 Å². The SMILES string of the molecule is CCCC1(C)O[Si](C)(C)[Si](C)(C)[Si](C)(C)[Si]1(C)C(C=C(C)C(=O)O)CC. The van der Waals surface area contributed by atoms with Crippen molar-refractivity contribution >= 4 is 35.6 Å². The van der Waals surface area contributed by atoms with Gasteiger partial charge in [0, 0.05) is 17.9 Å². The molecule has 0 aromatic heterocycles. The molecule has 0 aromatic rings. The Bertz CT molecular complexity index is 585. The highest BCUT2D eigenvalue weighted by molar-refractivity contribution is 7.83. The summed E-state index contributed by atoms with van der Waals surface area (Å²) in [6.45, 7) is 26.7. The van der Waals surface area contributed by atoms with Gasteiger partial charge in [-0.25, -0.2) is 4.79 Å². The second-order valence-corrected chi connectivity index (χ2v) is 48.9. The summed E-state index contributed by atoms with van der Waals surface area (Å²) >= 11 is 0. The second-order valence-electron chi connectivity index (χ2n) is 10.2. The van der Waals surface area contributed by atoms with E-state index in [9.17, 15) is 9.90 Å². The largest absolute Gasteiger partial charge is 0.478 e. The van der Waals surface area contributed by atoms with Crippen LogP contribution in [0.4, 0.5) is 0 Å².